The quantitative estimate of drug-likeness (QED) is 0.161. The molecule has 35 heavy (non-hydrogen) atoms. The minimum atomic E-state index is -4.59. The highest BCUT2D eigenvalue weighted by Gasteiger charge is 2.19. The van der Waals surface area contributed by atoms with E-state index in [0.29, 0.717) is 5.39 Å². The molecule has 15 heteroatoms. The Morgan fingerprint density at radius 3 is 1.69 bits per heavy atom. The fourth-order valence-electron chi connectivity index (χ4n) is 3.32. The summed E-state index contributed by atoms with van der Waals surface area (Å²) >= 11 is 0. The fourth-order valence-corrected chi connectivity index (χ4v) is 5.23. The first-order chi connectivity index (χ1) is 16.0. The number of benzene rings is 4. The average molecular weight is 543 g/mol. The predicted octanol–water partition coefficient (Wildman–Crippen LogP) is 2.29. The van der Waals surface area contributed by atoms with Gasteiger partial charge in [-0.3, -0.25) is 13.7 Å². The van der Waals surface area contributed by atoms with Crippen molar-refractivity contribution >= 4 is 63.3 Å². The molecule has 0 radical (unpaired) electrons. The van der Waals surface area contributed by atoms with Gasteiger partial charge < -0.3 is 16.6 Å². The number of fused-ring (bicyclic) bond motifs is 2. The molecular weight excluding hydrogens is 524 g/mol. The maximum absolute atomic E-state index is 11.1. The van der Waals surface area contributed by atoms with Crippen LogP contribution in [0.25, 0.3) is 21.5 Å². The van der Waals surface area contributed by atoms with E-state index in [1.165, 1.54) is 6.07 Å². The van der Waals surface area contributed by atoms with Gasteiger partial charge in [-0.15, -0.1) is 0 Å². The lowest BCUT2D eigenvalue weighted by Crippen LogP contribution is -2.03. The number of nitrogen functional groups attached to an aromatic ring is 2. The second kappa shape index (κ2) is 8.95. The first-order valence-electron chi connectivity index (χ1n) is 9.26. The fraction of sp³-hybridized carbons (Fsp3) is 0. The van der Waals surface area contributed by atoms with Crippen molar-refractivity contribution in [2.75, 3.05) is 11.5 Å². The van der Waals surface area contributed by atoms with E-state index in [2.05, 4.69) is 0 Å². The summed E-state index contributed by atoms with van der Waals surface area (Å²) in [6, 6.07) is 13.6. The third-order valence-electron chi connectivity index (χ3n) is 4.77. The number of hydrogen-bond acceptors (Lipinski definition) is 9. The van der Waals surface area contributed by atoms with E-state index in [1.807, 2.05) is 0 Å². The minimum Gasteiger partial charge on any atom is -0.507 e. The highest BCUT2D eigenvalue weighted by molar-refractivity contribution is 7.86. The number of anilines is 2. The van der Waals surface area contributed by atoms with Crippen molar-refractivity contribution in [3.05, 3.63) is 60.7 Å². The molecule has 4 aromatic rings. The number of nitrogens with two attached hydrogens (primary N) is 2. The molecule has 0 aromatic heterocycles. The van der Waals surface area contributed by atoms with Crippen molar-refractivity contribution in [1.82, 2.24) is 0 Å². The smallest absolute Gasteiger partial charge is 0.297 e. The molecule has 0 unspecified atom stereocenters. The van der Waals surface area contributed by atoms with Gasteiger partial charge in [-0.05, 0) is 35.0 Å². The summed E-state index contributed by atoms with van der Waals surface area (Å²) in [5.74, 6) is -0.547. The topological polar surface area (TPSA) is 235 Å². The molecule has 0 saturated carbocycles. The van der Waals surface area contributed by atoms with Gasteiger partial charge in [-0.2, -0.15) is 25.3 Å². The van der Waals surface area contributed by atoms with Crippen molar-refractivity contribution in [1.29, 1.82) is 0 Å². The molecule has 8 N–H and O–H groups in total. The molecule has 12 nitrogen and oxygen atoms in total. The number of aromatic hydroxyl groups is 1. The number of phenolic OH excluding ortho intramolecular Hbond substituents is 1. The Balaban J connectivity index is 0.000000203. The Morgan fingerprint density at radius 2 is 1.14 bits per heavy atom. The van der Waals surface area contributed by atoms with Crippen LogP contribution in [-0.2, 0) is 30.4 Å². The molecule has 186 valence electrons. The summed E-state index contributed by atoms with van der Waals surface area (Å²) in [6.45, 7) is 0. The van der Waals surface area contributed by atoms with Crippen molar-refractivity contribution in [2.24, 2.45) is 0 Å². The first-order valence-corrected chi connectivity index (χ1v) is 13.6. The molecule has 0 aliphatic rings. The molecule has 0 atom stereocenters. The predicted molar refractivity (Wildman–Crippen MR) is 128 cm³/mol. The van der Waals surface area contributed by atoms with Gasteiger partial charge in [0.2, 0.25) is 0 Å². The summed E-state index contributed by atoms with van der Waals surface area (Å²) in [6.07, 6.45) is 0. The number of rotatable bonds is 3. The van der Waals surface area contributed by atoms with Gasteiger partial charge in [0.05, 0.1) is 15.5 Å². The molecular formula is C20H18N2O10S3. The standard InChI is InChI=1S/C10H9NO7S2.C10H9NO3S/c11-8-3-6(19(13,14)15)1-5-2-7(20(16,17)18)4-9(12)10(5)8;11-9-6-5-7-3-1-2-4-8(7)10(9)15(12,13)14/h1-4,12H,11H2,(H,13,14,15)(H,16,17,18);1-6H,11H2,(H,12,13,14). The Morgan fingerprint density at radius 1 is 0.600 bits per heavy atom. The van der Waals surface area contributed by atoms with Crippen LogP contribution in [0.4, 0.5) is 11.4 Å². The molecule has 0 aliphatic heterocycles. The van der Waals surface area contributed by atoms with Crippen LogP contribution >= 0.6 is 0 Å². The summed E-state index contributed by atoms with van der Waals surface area (Å²) in [4.78, 5) is -1.41. The summed E-state index contributed by atoms with van der Waals surface area (Å²) in [5.41, 5.74) is 11.0. The Bertz CT molecular complexity index is 1730. The molecule has 0 aliphatic carbocycles. The van der Waals surface area contributed by atoms with E-state index in [9.17, 15) is 30.4 Å². The highest BCUT2D eigenvalue weighted by Crippen LogP contribution is 2.35. The van der Waals surface area contributed by atoms with Gasteiger partial charge in [-0.25, -0.2) is 0 Å². The molecule has 4 rings (SSSR count). The van der Waals surface area contributed by atoms with Crippen LogP contribution in [0.1, 0.15) is 0 Å². The molecule has 0 fully saturated rings. The molecule has 0 heterocycles. The van der Waals surface area contributed by atoms with Gasteiger partial charge in [0.15, 0.2) is 0 Å². The molecule has 0 saturated heterocycles. The van der Waals surface area contributed by atoms with Gasteiger partial charge in [0.1, 0.15) is 10.6 Å². The number of hydrogen-bond donors (Lipinski definition) is 6. The van der Waals surface area contributed by atoms with E-state index < -0.39 is 45.9 Å². The number of phenols is 1. The van der Waals surface area contributed by atoms with E-state index in [0.717, 1.165) is 29.7 Å². The van der Waals surface area contributed by atoms with Gasteiger partial charge >= 0.3 is 0 Å². The summed E-state index contributed by atoms with van der Waals surface area (Å²) in [5, 5.41) is 10.8. The maximum atomic E-state index is 11.1. The van der Waals surface area contributed by atoms with Gasteiger partial charge in [0.25, 0.3) is 30.4 Å². The minimum absolute atomic E-state index is 0.00444. The zero-order chi connectivity index (χ0) is 26.3. The largest absolute Gasteiger partial charge is 0.507 e. The second-order valence-electron chi connectivity index (χ2n) is 7.18. The molecule has 4 aromatic carbocycles. The van der Waals surface area contributed by atoms with Crippen LogP contribution in [-0.4, -0.2) is 44.0 Å². The third-order valence-corrected chi connectivity index (χ3v) is 7.40. The van der Waals surface area contributed by atoms with Crippen LogP contribution < -0.4 is 11.5 Å². The molecule has 0 amide bonds. The second-order valence-corrected chi connectivity index (χ2v) is 11.4. The van der Waals surface area contributed by atoms with Crippen LogP contribution in [0.5, 0.6) is 5.75 Å². The van der Waals surface area contributed by atoms with Gasteiger partial charge in [0, 0.05) is 22.5 Å². The monoisotopic (exact) mass is 542 g/mol. The lowest BCUT2D eigenvalue weighted by Gasteiger charge is -2.08. The zero-order valence-electron chi connectivity index (χ0n) is 17.4. The van der Waals surface area contributed by atoms with Crippen molar-refractivity contribution in [3.63, 3.8) is 0 Å². The zero-order valence-corrected chi connectivity index (χ0v) is 19.8. The van der Waals surface area contributed by atoms with Crippen molar-refractivity contribution in [3.8, 4) is 5.75 Å². The van der Waals surface area contributed by atoms with E-state index >= 15 is 0 Å². The summed E-state index contributed by atoms with van der Waals surface area (Å²) < 4.78 is 93.5. The SMILES string of the molecule is Nc1cc(S(=O)(=O)O)cc2cc(S(=O)(=O)O)cc(O)c12.Nc1ccc2ccccc2c1S(=O)(=O)O. The first kappa shape index (κ1) is 26.1. The Hall–Kier alpha value is -3.47. The Labute approximate surface area is 199 Å². The lowest BCUT2D eigenvalue weighted by atomic mass is 10.1. The van der Waals surface area contributed by atoms with Crippen LogP contribution in [0.2, 0.25) is 0 Å². The normalized spacial score (nSPS) is 12.3. The van der Waals surface area contributed by atoms with Crippen molar-refractivity contribution in [2.45, 2.75) is 14.7 Å². The van der Waals surface area contributed by atoms with Crippen LogP contribution in [0, 0.1) is 0 Å². The molecule has 0 bridgehead atoms. The Kier molecular flexibility index (Phi) is 6.69. The van der Waals surface area contributed by atoms with E-state index in [4.69, 9.17) is 25.1 Å². The van der Waals surface area contributed by atoms with Crippen LogP contribution in [0.3, 0.4) is 0 Å². The van der Waals surface area contributed by atoms with Gasteiger partial charge in [-0.1, -0.05) is 30.3 Å². The van der Waals surface area contributed by atoms with E-state index in [-0.39, 0.29) is 27.0 Å². The average Bonchev–Trinajstić information content (AvgIpc) is 2.71. The molecule has 0 spiro atoms. The van der Waals surface area contributed by atoms with Crippen molar-refractivity contribution < 1.29 is 44.0 Å². The summed E-state index contributed by atoms with van der Waals surface area (Å²) in [7, 11) is -13.4. The third kappa shape index (κ3) is 5.61. The lowest BCUT2D eigenvalue weighted by molar-refractivity contribution is 0.471. The highest BCUT2D eigenvalue weighted by atomic mass is 32.2. The van der Waals surface area contributed by atoms with Crippen LogP contribution in [0.15, 0.2) is 75.4 Å². The maximum Gasteiger partial charge on any atom is 0.297 e. The van der Waals surface area contributed by atoms with E-state index in [1.54, 1.807) is 30.3 Å².